The van der Waals surface area contributed by atoms with Crippen molar-refractivity contribution >= 4 is 16.9 Å². The van der Waals surface area contributed by atoms with E-state index in [1.54, 1.807) is 6.07 Å². The van der Waals surface area contributed by atoms with E-state index in [0.29, 0.717) is 31.8 Å². The summed E-state index contributed by atoms with van der Waals surface area (Å²) in [4.78, 5) is 28.3. The summed E-state index contributed by atoms with van der Waals surface area (Å²) in [6.07, 6.45) is 3.93. The summed E-state index contributed by atoms with van der Waals surface area (Å²) in [7, 11) is 0. The number of pyridine rings is 1. The van der Waals surface area contributed by atoms with Crippen molar-refractivity contribution in [2.24, 2.45) is 0 Å². The molecule has 3 aromatic heterocycles. The smallest absolute Gasteiger partial charge is 0.273 e. The molecule has 3 N–H and O–H groups in total. The van der Waals surface area contributed by atoms with Crippen LogP contribution in [0.1, 0.15) is 27.9 Å². The van der Waals surface area contributed by atoms with Crippen molar-refractivity contribution in [1.29, 1.82) is 0 Å². The Bertz CT molecular complexity index is 1530. The van der Waals surface area contributed by atoms with Gasteiger partial charge in [-0.25, -0.2) is 18.7 Å². The highest BCUT2D eigenvalue weighted by Gasteiger charge is 2.13. The molecule has 0 bridgehead atoms. The fraction of sp³-hybridized carbons (Fsp3) is 0.185. The average molecular weight is 503 g/mol. The van der Waals surface area contributed by atoms with E-state index < -0.39 is 11.7 Å². The first-order valence-electron chi connectivity index (χ1n) is 11.8. The van der Waals surface area contributed by atoms with E-state index >= 15 is 0 Å². The normalized spacial score (nSPS) is 11.2. The predicted octanol–water partition coefficient (Wildman–Crippen LogP) is 4.20. The molecule has 5 aromatic rings. The van der Waals surface area contributed by atoms with E-state index in [1.807, 2.05) is 24.3 Å². The molecule has 188 valence electrons. The van der Waals surface area contributed by atoms with Gasteiger partial charge in [0.2, 0.25) is 0 Å². The number of hydrogen-bond donors (Lipinski definition) is 3. The number of halogens is 2. The Morgan fingerprint density at radius 3 is 2.70 bits per heavy atom. The first kappa shape index (κ1) is 24.3. The van der Waals surface area contributed by atoms with Gasteiger partial charge in [0.25, 0.3) is 5.91 Å². The van der Waals surface area contributed by atoms with Crippen molar-refractivity contribution in [3.8, 4) is 11.1 Å². The van der Waals surface area contributed by atoms with Crippen molar-refractivity contribution in [1.82, 2.24) is 30.6 Å². The standard InChI is InChI=1S/C27H24F2N6O2/c28-19-4-1-3-17(13-19)18-6-7-21-22(14-18)34-25(33-21)8-11-30-12-9-26-35-24(16-37-26)27(36)32-15-23-20(29)5-2-10-31-23/h1-7,10,13-14,16,30H,8-9,11-12,15H2,(H,32,36)(H,33,34). The second-order valence-corrected chi connectivity index (χ2v) is 8.42. The van der Waals surface area contributed by atoms with Gasteiger partial charge in [0.05, 0.1) is 23.3 Å². The van der Waals surface area contributed by atoms with Crippen molar-refractivity contribution < 1.29 is 18.0 Å². The number of carbonyl (C=O) groups excluding carboxylic acids is 1. The van der Waals surface area contributed by atoms with Crippen LogP contribution in [0.25, 0.3) is 22.2 Å². The average Bonchev–Trinajstić information content (AvgIpc) is 3.54. The molecule has 0 radical (unpaired) electrons. The van der Waals surface area contributed by atoms with E-state index in [2.05, 4.69) is 30.6 Å². The van der Waals surface area contributed by atoms with Crippen molar-refractivity contribution in [2.75, 3.05) is 13.1 Å². The number of aromatic amines is 1. The van der Waals surface area contributed by atoms with Gasteiger partial charge in [0, 0.05) is 32.1 Å². The number of oxazole rings is 1. The Hall–Kier alpha value is -4.44. The number of hydrogen-bond acceptors (Lipinski definition) is 6. The first-order chi connectivity index (χ1) is 18.0. The van der Waals surface area contributed by atoms with E-state index in [0.717, 1.165) is 28.0 Å². The largest absolute Gasteiger partial charge is 0.448 e. The monoisotopic (exact) mass is 502 g/mol. The van der Waals surface area contributed by atoms with Gasteiger partial charge < -0.3 is 20.0 Å². The van der Waals surface area contributed by atoms with Gasteiger partial charge in [0.1, 0.15) is 23.7 Å². The van der Waals surface area contributed by atoms with Gasteiger partial charge in [-0.1, -0.05) is 18.2 Å². The molecule has 0 atom stereocenters. The highest BCUT2D eigenvalue weighted by atomic mass is 19.1. The molecule has 37 heavy (non-hydrogen) atoms. The van der Waals surface area contributed by atoms with Crippen LogP contribution < -0.4 is 10.6 Å². The minimum Gasteiger partial charge on any atom is -0.448 e. The van der Waals surface area contributed by atoms with Crippen LogP contribution in [-0.4, -0.2) is 38.9 Å². The molecule has 0 saturated heterocycles. The maximum absolute atomic E-state index is 13.6. The van der Waals surface area contributed by atoms with E-state index in [1.165, 1.54) is 36.7 Å². The number of rotatable bonds is 10. The zero-order chi connectivity index (χ0) is 25.6. The lowest BCUT2D eigenvalue weighted by Crippen LogP contribution is -2.24. The quantitative estimate of drug-likeness (QED) is 0.247. The fourth-order valence-corrected chi connectivity index (χ4v) is 3.88. The molecule has 0 aliphatic carbocycles. The number of aromatic nitrogens is 4. The maximum atomic E-state index is 13.6. The van der Waals surface area contributed by atoms with Crippen LogP contribution in [0.2, 0.25) is 0 Å². The SMILES string of the molecule is O=C(NCc1ncccc1F)c1coc(CCNCCc2nc3cc(-c4cccc(F)c4)ccc3[nH]2)n1. The highest BCUT2D eigenvalue weighted by molar-refractivity contribution is 5.91. The second kappa shape index (κ2) is 11.1. The van der Waals surface area contributed by atoms with E-state index in [9.17, 15) is 13.6 Å². The van der Waals surface area contributed by atoms with Gasteiger partial charge in [-0.15, -0.1) is 0 Å². The molecule has 0 unspecified atom stereocenters. The molecular formula is C27H24F2N6O2. The second-order valence-electron chi connectivity index (χ2n) is 8.42. The number of benzene rings is 2. The Morgan fingerprint density at radius 2 is 1.84 bits per heavy atom. The molecule has 3 heterocycles. The van der Waals surface area contributed by atoms with E-state index in [4.69, 9.17) is 4.42 Å². The zero-order valence-corrected chi connectivity index (χ0v) is 19.8. The summed E-state index contributed by atoms with van der Waals surface area (Å²) in [5, 5.41) is 5.89. The zero-order valence-electron chi connectivity index (χ0n) is 19.8. The minimum atomic E-state index is -0.481. The fourth-order valence-electron chi connectivity index (χ4n) is 3.88. The molecule has 0 aliphatic rings. The molecule has 0 spiro atoms. The topological polar surface area (TPSA) is 109 Å². The lowest BCUT2D eigenvalue weighted by molar-refractivity contribution is 0.0945. The summed E-state index contributed by atoms with van der Waals surface area (Å²) in [5.41, 5.74) is 3.75. The van der Waals surface area contributed by atoms with Crippen LogP contribution in [0.4, 0.5) is 8.78 Å². The molecule has 5 rings (SSSR count). The lowest BCUT2D eigenvalue weighted by Gasteiger charge is -2.03. The van der Waals surface area contributed by atoms with Gasteiger partial charge in [-0.05, 0) is 47.5 Å². The van der Waals surface area contributed by atoms with Crippen LogP contribution in [0.5, 0.6) is 0 Å². The van der Waals surface area contributed by atoms with E-state index in [-0.39, 0.29) is 23.7 Å². The molecule has 10 heteroatoms. The first-order valence-corrected chi connectivity index (χ1v) is 11.8. The summed E-state index contributed by atoms with van der Waals surface area (Å²) in [6.45, 7) is 1.24. The van der Waals surface area contributed by atoms with Gasteiger partial charge >= 0.3 is 0 Å². The number of fused-ring (bicyclic) bond motifs is 1. The summed E-state index contributed by atoms with van der Waals surface area (Å²) in [6, 6.07) is 15.1. The molecule has 0 fully saturated rings. The number of carbonyl (C=O) groups is 1. The van der Waals surface area contributed by atoms with Crippen molar-refractivity contribution in [3.63, 3.8) is 0 Å². The Kier molecular flexibility index (Phi) is 7.27. The summed E-state index contributed by atoms with van der Waals surface area (Å²) >= 11 is 0. The molecule has 0 saturated carbocycles. The third-order valence-electron chi connectivity index (χ3n) is 5.78. The molecule has 2 aromatic carbocycles. The van der Waals surface area contributed by atoms with Crippen LogP contribution >= 0.6 is 0 Å². The van der Waals surface area contributed by atoms with Crippen LogP contribution in [0, 0.1) is 11.6 Å². The number of nitrogens with zero attached hydrogens (tertiary/aromatic N) is 3. The van der Waals surface area contributed by atoms with Gasteiger partial charge in [-0.2, -0.15) is 0 Å². The number of imidazole rings is 1. The van der Waals surface area contributed by atoms with Crippen molar-refractivity contribution in [3.05, 3.63) is 102 Å². The van der Waals surface area contributed by atoms with Gasteiger partial charge in [0.15, 0.2) is 11.6 Å². The van der Waals surface area contributed by atoms with Crippen molar-refractivity contribution in [2.45, 2.75) is 19.4 Å². The predicted molar refractivity (Wildman–Crippen MR) is 134 cm³/mol. The molecule has 1 amide bonds. The Morgan fingerprint density at radius 1 is 0.973 bits per heavy atom. The highest BCUT2D eigenvalue weighted by Crippen LogP contribution is 2.24. The van der Waals surface area contributed by atoms with Gasteiger partial charge in [-0.3, -0.25) is 9.78 Å². The summed E-state index contributed by atoms with van der Waals surface area (Å²) < 4.78 is 32.6. The molecule has 8 nitrogen and oxygen atoms in total. The number of H-pyrrole nitrogens is 1. The van der Waals surface area contributed by atoms with Crippen LogP contribution in [0.15, 0.2) is 71.5 Å². The maximum Gasteiger partial charge on any atom is 0.273 e. The third-order valence-corrected chi connectivity index (χ3v) is 5.78. The lowest BCUT2D eigenvalue weighted by atomic mass is 10.1. The molecule has 0 aliphatic heterocycles. The Labute approximate surface area is 211 Å². The number of amides is 1. The van der Waals surface area contributed by atoms with Crippen LogP contribution in [-0.2, 0) is 19.4 Å². The Balaban J connectivity index is 1.07. The third kappa shape index (κ3) is 6.04. The molecular weight excluding hydrogens is 478 g/mol. The van der Waals surface area contributed by atoms with Crippen LogP contribution in [0.3, 0.4) is 0 Å². The summed E-state index contributed by atoms with van der Waals surface area (Å²) in [5.74, 6) is 0.0611. The number of nitrogens with one attached hydrogen (secondary N) is 3. The minimum absolute atomic E-state index is 0.0385.